The zero-order chi connectivity index (χ0) is 13.2. The number of carbonyl (C=O) groups excluding carboxylic acids is 1. The molecule has 1 amide bonds. The van der Waals surface area contributed by atoms with Crippen LogP contribution in [0.4, 0.5) is 0 Å². The van der Waals surface area contributed by atoms with Crippen molar-refractivity contribution in [2.24, 2.45) is 5.73 Å². The minimum Gasteiger partial charge on any atom is -0.480 e. The second kappa shape index (κ2) is 5.01. The van der Waals surface area contributed by atoms with Crippen LogP contribution in [-0.2, 0) is 19.6 Å². The molecule has 0 spiro atoms. The summed E-state index contributed by atoms with van der Waals surface area (Å²) in [6, 6.07) is -0.921. The predicted molar refractivity (Wildman–Crippen MR) is 59.6 cm³/mol. The van der Waals surface area contributed by atoms with Crippen LogP contribution in [0.2, 0.25) is 0 Å². The van der Waals surface area contributed by atoms with E-state index in [4.69, 9.17) is 10.8 Å². The van der Waals surface area contributed by atoms with E-state index >= 15 is 0 Å². The fraction of sp³-hybridized carbons (Fsp3) is 0.778. The number of primary amides is 1. The second-order valence-corrected chi connectivity index (χ2v) is 6.26. The first-order valence-electron chi connectivity index (χ1n) is 5.31. The van der Waals surface area contributed by atoms with Crippen molar-refractivity contribution in [1.29, 1.82) is 0 Å². The second-order valence-electron chi connectivity index (χ2n) is 4.05. The van der Waals surface area contributed by atoms with E-state index in [0.29, 0.717) is 19.3 Å². The van der Waals surface area contributed by atoms with E-state index in [2.05, 4.69) is 0 Å². The van der Waals surface area contributed by atoms with E-state index in [-0.39, 0.29) is 6.54 Å². The molecule has 8 heteroatoms. The maximum atomic E-state index is 12.0. The number of carboxylic acids is 1. The molecule has 7 nitrogen and oxygen atoms in total. The highest BCUT2D eigenvalue weighted by molar-refractivity contribution is 7.90. The molecule has 1 heterocycles. The van der Waals surface area contributed by atoms with E-state index in [1.807, 2.05) is 0 Å². The third kappa shape index (κ3) is 2.75. The van der Waals surface area contributed by atoms with Gasteiger partial charge in [-0.1, -0.05) is 6.42 Å². The van der Waals surface area contributed by atoms with E-state index < -0.39 is 33.2 Å². The van der Waals surface area contributed by atoms with Crippen LogP contribution in [0.5, 0.6) is 0 Å². The number of sulfonamides is 1. The predicted octanol–water partition coefficient (Wildman–Crippen LogP) is -0.871. The van der Waals surface area contributed by atoms with Crippen LogP contribution >= 0.6 is 0 Å². The van der Waals surface area contributed by atoms with Gasteiger partial charge in [0.1, 0.15) is 6.04 Å². The summed E-state index contributed by atoms with van der Waals surface area (Å²) in [5.41, 5.74) is 5.14. The Morgan fingerprint density at radius 1 is 1.41 bits per heavy atom. The number of piperidine rings is 1. The lowest BCUT2D eigenvalue weighted by Crippen LogP contribution is -2.53. The summed E-state index contributed by atoms with van der Waals surface area (Å²) in [6.07, 6.45) is 1.66. The van der Waals surface area contributed by atoms with Gasteiger partial charge in [-0.15, -0.1) is 0 Å². The number of aliphatic carboxylic acids is 1. The minimum atomic E-state index is -4.02. The topological polar surface area (TPSA) is 118 Å². The first kappa shape index (κ1) is 13.9. The molecule has 0 bridgehead atoms. The maximum Gasteiger partial charge on any atom is 0.323 e. The van der Waals surface area contributed by atoms with E-state index in [9.17, 15) is 18.0 Å². The molecule has 0 aromatic rings. The van der Waals surface area contributed by atoms with E-state index in [1.165, 1.54) is 0 Å². The molecule has 0 aliphatic carbocycles. The molecule has 1 aliphatic rings. The molecule has 2 atom stereocenters. The van der Waals surface area contributed by atoms with Gasteiger partial charge in [-0.3, -0.25) is 9.59 Å². The third-order valence-corrected chi connectivity index (χ3v) is 5.09. The van der Waals surface area contributed by atoms with Gasteiger partial charge in [0.25, 0.3) is 0 Å². The number of hydrogen-bond donors (Lipinski definition) is 2. The Morgan fingerprint density at radius 3 is 2.47 bits per heavy atom. The number of nitrogens with zero attached hydrogens (tertiary/aromatic N) is 1. The van der Waals surface area contributed by atoms with Gasteiger partial charge in [-0.25, -0.2) is 8.42 Å². The summed E-state index contributed by atoms with van der Waals surface area (Å²) < 4.78 is 24.9. The molecule has 98 valence electrons. The van der Waals surface area contributed by atoms with Crippen molar-refractivity contribution in [2.45, 2.75) is 37.5 Å². The Hall–Kier alpha value is -1.15. The summed E-state index contributed by atoms with van der Waals surface area (Å²) in [7, 11) is -4.02. The van der Waals surface area contributed by atoms with Crippen LogP contribution in [0, 0.1) is 0 Å². The number of carbonyl (C=O) groups is 2. The van der Waals surface area contributed by atoms with Gasteiger partial charge in [0.15, 0.2) is 5.25 Å². The maximum absolute atomic E-state index is 12.0. The van der Waals surface area contributed by atoms with Gasteiger partial charge in [0, 0.05) is 6.54 Å². The van der Waals surface area contributed by atoms with Gasteiger partial charge in [-0.05, 0) is 19.8 Å². The molecule has 0 saturated carbocycles. The molecule has 1 fully saturated rings. The molecular formula is C9H16N2O5S. The quantitative estimate of drug-likeness (QED) is 0.684. The highest BCUT2D eigenvalue weighted by Crippen LogP contribution is 2.22. The van der Waals surface area contributed by atoms with Crippen molar-refractivity contribution in [3.05, 3.63) is 0 Å². The van der Waals surface area contributed by atoms with Crippen LogP contribution in [0.15, 0.2) is 0 Å². The highest BCUT2D eigenvalue weighted by atomic mass is 32.2. The summed E-state index contributed by atoms with van der Waals surface area (Å²) in [6.45, 7) is 1.23. The van der Waals surface area contributed by atoms with Crippen molar-refractivity contribution in [1.82, 2.24) is 4.31 Å². The van der Waals surface area contributed by atoms with Crippen LogP contribution in [0.1, 0.15) is 26.2 Å². The average Bonchev–Trinajstić information content (AvgIpc) is 2.27. The first-order valence-corrected chi connectivity index (χ1v) is 6.81. The van der Waals surface area contributed by atoms with Crippen LogP contribution < -0.4 is 5.73 Å². The van der Waals surface area contributed by atoms with Gasteiger partial charge >= 0.3 is 5.97 Å². The lowest BCUT2D eigenvalue weighted by atomic mass is 10.0. The Labute approximate surface area is 99.6 Å². The molecule has 0 radical (unpaired) electrons. The number of carboxylic acid groups (broad SMARTS) is 1. The van der Waals surface area contributed by atoms with Crippen LogP contribution in [0.25, 0.3) is 0 Å². The number of hydrogen-bond acceptors (Lipinski definition) is 4. The molecule has 1 rings (SSSR count). The molecule has 1 saturated heterocycles. The Bertz CT molecular complexity index is 419. The normalized spacial score (nSPS) is 24.2. The minimum absolute atomic E-state index is 0.146. The van der Waals surface area contributed by atoms with Gasteiger partial charge < -0.3 is 10.8 Å². The molecule has 0 aromatic carbocycles. The Kier molecular flexibility index (Phi) is 4.10. The average molecular weight is 264 g/mol. The van der Waals surface area contributed by atoms with Crippen molar-refractivity contribution in [3.63, 3.8) is 0 Å². The van der Waals surface area contributed by atoms with Crippen molar-refractivity contribution < 1.29 is 23.1 Å². The fourth-order valence-corrected chi connectivity index (χ4v) is 3.43. The Morgan fingerprint density at radius 2 is 2.00 bits per heavy atom. The van der Waals surface area contributed by atoms with Crippen LogP contribution in [0.3, 0.4) is 0 Å². The van der Waals surface area contributed by atoms with E-state index in [0.717, 1.165) is 11.2 Å². The smallest absolute Gasteiger partial charge is 0.323 e. The molecule has 1 aliphatic heterocycles. The molecule has 2 unspecified atom stereocenters. The zero-order valence-corrected chi connectivity index (χ0v) is 10.3. The summed E-state index contributed by atoms with van der Waals surface area (Å²) in [5.74, 6) is -2.16. The van der Waals surface area contributed by atoms with E-state index in [1.54, 1.807) is 0 Å². The number of rotatable bonds is 4. The summed E-state index contributed by atoms with van der Waals surface area (Å²) >= 11 is 0. The lowest BCUT2D eigenvalue weighted by molar-refractivity contribution is -0.136. The largest absolute Gasteiger partial charge is 0.480 e. The lowest BCUT2D eigenvalue weighted by Gasteiger charge is -2.33. The van der Waals surface area contributed by atoms with Crippen LogP contribution in [-0.4, -0.2) is 47.5 Å². The monoisotopic (exact) mass is 264 g/mol. The molecule has 3 N–H and O–H groups in total. The number of amides is 1. The molecular weight excluding hydrogens is 248 g/mol. The van der Waals surface area contributed by atoms with Gasteiger partial charge in [-0.2, -0.15) is 4.31 Å². The molecule has 17 heavy (non-hydrogen) atoms. The van der Waals surface area contributed by atoms with Crippen molar-refractivity contribution in [2.75, 3.05) is 6.54 Å². The highest BCUT2D eigenvalue weighted by Gasteiger charge is 2.41. The van der Waals surface area contributed by atoms with Crippen molar-refractivity contribution >= 4 is 21.9 Å². The van der Waals surface area contributed by atoms with Gasteiger partial charge in [0.2, 0.25) is 15.9 Å². The fourth-order valence-electron chi connectivity index (χ4n) is 1.82. The SMILES string of the molecule is CC(C(=O)O)S(=O)(=O)N1CCCCC1C(N)=O. The first-order chi connectivity index (χ1) is 7.78. The van der Waals surface area contributed by atoms with Crippen molar-refractivity contribution in [3.8, 4) is 0 Å². The number of nitrogens with two attached hydrogens (primary N) is 1. The Balaban J connectivity index is 3.03. The standard InChI is InChI=1S/C9H16N2O5S/c1-6(9(13)14)17(15,16)11-5-3-2-4-7(11)8(10)12/h6-7H,2-5H2,1H3,(H2,10,12)(H,13,14). The summed E-state index contributed by atoms with van der Waals surface area (Å²) in [4.78, 5) is 21.9. The van der Waals surface area contributed by atoms with Gasteiger partial charge in [0.05, 0.1) is 0 Å². The molecule has 0 aromatic heterocycles. The zero-order valence-electron chi connectivity index (χ0n) is 9.50. The third-order valence-electron chi connectivity index (χ3n) is 2.90. The summed E-state index contributed by atoms with van der Waals surface area (Å²) in [5, 5.41) is 7.18.